The minimum atomic E-state index is -0.409. The number of aromatic amines is 1. The normalized spacial score (nSPS) is 10.6. The Morgan fingerprint density at radius 3 is 3.00 bits per heavy atom. The van der Waals surface area contributed by atoms with Crippen molar-refractivity contribution in [3.8, 4) is 0 Å². The number of nitrogens with one attached hydrogen (secondary N) is 1. The lowest BCUT2D eigenvalue weighted by Crippen LogP contribution is -2.02. The molecule has 0 spiro atoms. The molecule has 0 unspecified atom stereocenters. The van der Waals surface area contributed by atoms with Gasteiger partial charge < -0.3 is 9.72 Å². The van der Waals surface area contributed by atoms with Crippen LogP contribution in [0.2, 0.25) is 5.02 Å². The molecule has 2 heterocycles. The zero-order valence-corrected chi connectivity index (χ0v) is 9.05. The van der Waals surface area contributed by atoms with Crippen LogP contribution in [0, 0.1) is 6.92 Å². The van der Waals surface area contributed by atoms with E-state index in [1.54, 1.807) is 19.2 Å². The molecule has 2 aromatic rings. The van der Waals surface area contributed by atoms with E-state index in [4.69, 9.17) is 11.6 Å². The van der Waals surface area contributed by atoms with Gasteiger partial charge in [-0.25, -0.2) is 4.79 Å². The van der Waals surface area contributed by atoms with Crippen LogP contribution >= 0.6 is 11.6 Å². The van der Waals surface area contributed by atoms with Gasteiger partial charge in [0.25, 0.3) is 0 Å². The average molecular weight is 225 g/mol. The lowest BCUT2D eigenvalue weighted by molar-refractivity contribution is 0.0602. The number of ether oxygens (including phenoxy) is 1. The molecule has 0 bridgehead atoms. The largest absolute Gasteiger partial charge is 0.465 e. The van der Waals surface area contributed by atoms with Gasteiger partial charge in [0, 0.05) is 11.9 Å². The average Bonchev–Trinajstić information content (AvgIpc) is 2.55. The number of hydrogen-bond donors (Lipinski definition) is 1. The third-order valence-electron chi connectivity index (χ3n) is 2.21. The Labute approximate surface area is 91.2 Å². The van der Waals surface area contributed by atoms with Gasteiger partial charge >= 0.3 is 5.97 Å². The maximum Gasteiger partial charge on any atom is 0.341 e. The van der Waals surface area contributed by atoms with Gasteiger partial charge in [-0.3, -0.25) is 4.98 Å². The quantitative estimate of drug-likeness (QED) is 0.757. The van der Waals surface area contributed by atoms with Crippen LogP contribution in [-0.2, 0) is 4.74 Å². The topological polar surface area (TPSA) is 55.0 Å². The molecular formula is C10H9ClN2O2. The molecule has 0 fully saturated rings. The standard InChI is InChI=1S/C10H9ClN2O2/c1-5-7(10(14)15-2)9-8(13-5)6(11)3-4-12-9/h3-4,13H,1-2H3. The lowest BCUT2D eigenvalue weighted by Gasteiger charge is -1.97. The highest BCUT2D eigenvalue weighted by atomic mass is 35.5. The van der Waals surface area contributed by atoms with Gasteiger partial charge in [0.15, 0.2) is 0 Å². The first kappa shape index (κ1) is 9.98. The molecular weight excluding hydrogens is 216 g/mol. The number of pyridine rings is 1. The van der Waals surface area contributed by atoms with Gasteiger partial charge in [-0.15, -0.1) is 0 Å². The minimum Gasteiger partial charge on any atom is -0.465 e. The second kappa shape index (κ2) is 3.55. The summed E-state index contributed by atoms with van der Waals surface area (Å²) in [6.45, 7) is 1.78. The Morgan fingerprint density at radius 1 is 1.60 bits per heavy atom. The number of esters is 1. The maximum atomic E-state index is 11.5. The molecule has 5 heteroatoms. The summed E-state index contributed by atoms with van der Waals surface area (Å²) in [5.41, 5.74) is 2.36. The van der Waals surface area contributed by atoms with E-state index in [9.17, 15) is 4.79 Å². The number of aromatic nitrogens is 2. The third-order valence-corrected chi connectivity index (χ3v) is 2.53. The molecule has 0 radical (unpaired) electrons. The molecule has 4 nitrogen and oxygen atoms in total. The number of hydrogen-bond acceptors (Lipinski definition) is 3. The van der Waals surface area contributed by atoms with Crippen LogP contribution in [0.15, 0.2) is 12.3 Å². The van der Waals surface area contributed by atoms with E-state index in [2.05, 4.69) is 14.7 Å². The molecule has 15 heavy (non-hydrogen) atoms. The monoisotopic (exact) mass is 224 g/mol. The fourth-order valence-electron chi connectivity index (χ4n) is 1.53. The number of methoxy groups -OCH3 is 1. The Hall–Kier alpha value is -1.55. The van der Waals surface area contributed by atoms with Crippen molar-refractivity contribution in [2.24, 2.45) is 0 Å². The Bertz CT molecular complexity index is 533. The molecule has 0 amide bonds. The van der Waals surface area contributed by atoms with E-state index in [0.717, 1.165) is 0 Å². The van der Waals surface area contributed by atoms with Gasteiger partial charge in [0.05, 0.1) is 17.6 Å². The van der Waals surface area contributed by atoms with Crippen molar-refractivity contribution in [3.05, 3.63) is 28.5 Å². The van der Waals surface area contributed by atoms with Crippen LogP contribution in [-0.4, -0.2) is 23.0 Å². The molecule has 0 atom stereocenters. The first-order valence-electron chi connectivity index (χ1n) is 4.36. The first-order chi connectivity index (χ1) is 7.15. The Balaban J connectivity index is 2.79. The third kappa shape index (κ3) is 1.47. The van der Waals surface area contributed by atoms with Crippen molar-refractivity contribution < 1.29 is 9.53 Å². The van der Waals surface area contributed by atoms with Gasteiger partial charge in [0.2, 0.25) is 0 Å². The minimum absolute atomic E-state index is 0.409. The molecule has 0 aliphatic carbocycles. The highest BCUT2D eigenvalue weighted by Gasteiger charge is 2.18. The van der Waals surface area contributed by atoms with Gasteiger partial charge in [-0.1, -0.05) is 11.6 Å². The van der Waals surface area contributed by atoms with Crippen molar-refractivity contribution in [1.29, 1.82) is 0 Å². The highest BCUT2D eigenvalue weighted by molar-refractivity contribution is 6.35. The summed E-state index contributed by atoms with van der Waals surface area (Å²) in [5, 5.41) is 0.540. The lowest BCUT2D eigenvalue weighted by atomic mass is 10.2. The number of rotatable bonds is 1. The zero-order chi connectivity index (χ0) is 11.0. The second-order valence-corrected chi connectivity index (χ2v) is 3.54. The van der Waals surface area contributed by atoms with Crippen LogP contribution in [0.4, 0.5) is 0 Å². The number of aryl methyl sites for hydroxylation is 1. The molecule has 0 aromatic carbocycles. The predicted octanol–water partition coefficient (Wildman–Crippen LogP) is 2.31. The molecule has 0 aliphatic rings. The van der Waals surface area contributed by atoms with Crippen LogP contribution < -0.4 is 0 Å². The van der Waals surface area contributed by atoms with Crippen molar-refractivity contribution in [3.63, 3.8) is 0 Å². The van der Waals surface area contributed by atoms with Crippen LogP contribution in [0.25, 0.3) is 11.0 Å². The summed E-state index contributed by atoms with van der Waals surface area (Å²) >= 11 is 5.97. The summed E-state index contributed by atoms with van der Waals surface area (Å²) < 4.78 is 4.68. The highest BCUT2D eigenvalue weighted by Crippen LogP contribution is 2.26. The van der Waals surface area contributed by atoms with E-state index >= 15 is 0 Å². The molecule has 2 aromatic heterocycles. The number of halogens is 1. The van der Waals surface area contributed by atoms with E-state index in [-0.39, 0.29) is 0 Å². The maximum absolute atomic E-state index is 11.5. The molecule has 0 saturated heterocycles. The first-order valence-corrected chi connectivity index (χ1v) is 4.74. The molecule has 2 rings (SSSR count). The van der Waals surface area contributed by atoms with E-state index in [0.29, 0.717) is 27.3 Å². The summed E-state index contributed by atoms with van der Waals surface area (Å²) in [7, 11) is 1.34. The molecule has 78 valence electrons. The van der Waals surface area contributed by atoms with E-state index in [1.807, 2.05) is 0 Å². The SMILES string of the molecule is COC(=O)c1c(C)[nH]c2c(Cl)ccnc12. The summed E-state index contributed by atoms with van der Waals surface area (Å²) in [5.74, 6) is -0.409. The summed E-state index contributed by atoms with van der Waals surface area (Å²) in [6, 6.07) is 1.67. The number of nitrogens with zero attached hydrogens (tertiary/aromatic N) is 1. The summed E-state index contributed by atoms with van der Waals surface area (Å²) in [4.78, 5) is 18.6. The van der Waals surface area contributed by atoms with Crippen molar-refractivity contribution in [1.82, 2.24) is 9.97 Å². The van der Waals surface area contributed by atoms with Crippen molar-refractivity contribution in [2.45, 2.75) is 6.92 Å². The van der Waals surface area contributed by atoms with Gasteiger partial charge in [-0.2, -0.15) is 0 Å². The van der Waals surface area contributed by atoms with Gasteiger partial charge in [0.1, 0.15) is 11.1 Å². The fraction of sp³-hybridized carbons (Fsp3) is 0.200. The number of H-pyrrole nitrogens is 1. The van der Waals surface area contributed by atoms with Gasteiger partial charge in [-0.05, 0) is 13.0 Å². The van der Waals surface area contributed by atoms with Crippen LogP contribution in [0.3, 0.4) is 0 Å². The van der Waals surface area contributed by atoms with Crippen molar-refractivity contribution >= 4 is 28.6 Å². The van der Waals surface area contributed by atoms with E-state index < -0.39 is 5.97 Å². The number of carbonyl (C=O) groups is 1. The molecule has 0 saturated carbocycles. The van der Waals surface area contributed by atoms with Crippen LogP contribution in [0.1, 0.15) is 16.1 Å². The van der Waals surface area contributed by atoms with E-state index in [1.165, 1.54) is 7.11 Å². The number of carbonyl (C=O) groups excluding carboxylic acids is 1. The number of fused-ring (bicyclic) bond motifs is 1. The fourth-order valence-corrected chi connectivity index (χ4v) is 1.72. The second-order valence-electron chi connectivity index (χ2n) is 3.13. The smallest absolute Gasteiger partial charge is 0.341 e. The molecule has 0 aliphatic heterocycles. The molecule has 1 N–H and O–H groups in total. The zero-order valence-electron chi connectivity index (χ0n) is 8.30. The van der Waals surface area contributed by atoms with Crippen LogP contribution in [0.5, 0.6) is 0 Å². The Morgan fingerprint density at radius 2 is 2.33 bits per heavy atom. The summed E-state index contributed by atoms with van der Waals surface area (Å²) in [6.07, 6.45) is 1.56. The Kier molecular flexibility index (Phi) is 2.36. The predicted molar refractivity (Wildman–Crippen MR) is 57.2 cm³/mol. The van der Waals surface area contributed by atoms with Crippen molar-refractivity contribution in [2.75, 3.05) is 7.11 Å².